The molecule has 0 saturated heterocycles. The first-order valence-corrected chi connectivity index (χ1v) is 3.72. The molecule has 11 heavy (non-hydrogen) atoms. The van der Waals surface area contributed by atoms with E-state index in [1.54, 1.807) is 11.0 Å². The molecule has 0 bridgehead atoms. The Morgan fingerprint density at radius 1 is 1.27 bits per heavy atom. The van der Waals surface area contributed by atoms with E-state index in [9.17, 15) is 5.11 Å². The summed E-state index contributed by atoms with van der Waals surface area (Å²) < 4.78 is 1.67. The van der Waals surface area contributed by atoms with Gasteiger partial charge in [0.1, 0.15) is 6.33 Å². The highest BCUT2D eigenvalue weighted by molar-refractivity contribution is 4.47. The van der Waals surface area contributed by atoms with Crippen molar-refractivity contribution in [3.05, 3.63) is 6.33 Å². The van der Waals surface area contributed by atoms with Crippen LogP contribution in [0, 0.1) is 0 Å². The number of hydrogen-bond acceptors (Lipinski definition) is 3. The van der Waals surface area contributed by atoms with Crippen LogP contribution in [0.1, 0.15) is 19.3 Å². The lowest BCUT2D eigenvalue weighted by molar-refractivity contribution is 0.185. The van der Waals surface area contributed by atoms with Crippen LogP contribution in [-0.4, -0.2) is 26.8 Å². The molecule has 1 aromatic rings. The van der Waals surface area contributed by atoms with E-state index >= 15 is 0 Å². The second kappa shape index (κ2) is 4.79. The first-order chi connectivity index (χ1) is 5.43. The van der Waals surface area contributed by atoms with Gasteiger partial charge in [-0.1, -0.05) is 0 Å². The number of aryl methyl sites for hydroxylation is 1. The van der Waals surface area contributed by atoms with E-state index in [0.29, 0.717) is 0 Å². The molecule has 1 rings (SSSR count). The molecule has 0 aliphatic heterocycles. The number of rotatable bonds is 5. The zero-order chi connectivity index (χ0) is 7.94. The van der Waals surface area contributed by atoms with Crippen LogP contribution in [0.3, 0.4) is 0 Å². The van der Waals surface area contributed by atoms with Gasteiger partial charge >= 0.3 is 0 Å². The smallest absolute Gasteiger partial charge is 0.138 e. The lowest BCUT2D eigenvalue weighted by atomic mass is 10.2. The largest absolute Gasteiger partial charge is 0.237 e. The highest BCUT2D eigenvalue weighted by Gasteiger charge is 1.91. The predicted octanol–water partition coefficient (Wildman–Crippen LogP) is 0.274. The molecule has 1 heterocycles. The van der Waals surface area contributed by atoms with Crippen molar-refractivity contribution in [2.45, 2.75) is 25.8 Å². The minimum Gasteiger partial charge on any atom is -0.237 e. The average Bonchev–Trinajstić information content (AvgIpc) is 2.50. The molecule has 1 radical (unpaired) electrons. The lowest BCUT2D eigenvalue weighted by Gasteiger charge is -1.96. The normalized spacial score (nSPS) is 10.3. The topological polar surface area (TPSA) is 63.5 Å². The van der Waals surface area contributed by atoms with Crippen molar-refractivity contribution in [1.29, 1.82) is 0 Å². The molecule has 0 aliphatic rings. The van der Waals surface area contributed by atoms with Crippen LogP contribution in [0.2, 0.25) is 0 Å². The monoisotopic (exact) mass is 155 g/mol. The van der Waals surface area contributed by atoms with E-state index in [4.69, 9.17) is 0 Å². The van der Waals surface area contributed by atoms with Crippen LogP contribution >= 0.6 is 0 Å². The number of hydrogen-bond donors (Lipinski definition) is 0. The molecule has 0 amide bonds. The fraction of sp³-hybridized carbons (Fsp3) is 0.833. The third-order valence-electron chi connectivity index (χ3n) is 1.42. The summed E-state index contributed by atoms with van der Waals surface area (Å²) in [6.07, 6.45) is 4.27. The van der Waals surface area contributed by atoms with Crippen LogP contribution < -0.4 is 0 Å². The van der Waals surface area contributed by atoms with Crippen LogP contribution in [0.25, 0.3) is 0 Å². The standard InChI is InChI=1S/C6H11N4O/c11-5-3-1-2-4-10-6-7-8-9-10/h6H,1-5H2. The summed E-state index contributed by atoms with van der Waals surface area (Å²) in [6.45, 7) is 0.836. The Bertz CT molecular complexity index is 175. The van der Waals surface area contributed by atoms with Crippen LogP contribution in [0.15, 0.2) is 6.33 Å². The quantitative estimate of drug-likeness (QED) is 0.573. The van der Waals surface area contributed by atoms with Crippen molar-refractivity contribution in [3.63, 3.8) is 0 Å². The Kier molecular flexibility index (Phi) is 3.54. The van der Waals surface area contributed by atoms with Gasteiger partial charge in [-0.25, -0.2) is 9.79 Å². The summed E-state index contributed by atoms with van der Waals surface area (Å²) in [5.41, 5.74) is 0. The van der Waals surface area contributed by atoms with Gasteiger partial charge in [0.15, 0.2) is 0 Å². The van der Waals surface area contributed by atoms with Gasteiger partial charge in [0, 0.05) is 6.54 Å². The molecule has 5 nitrogen and oxygen atoms in total. The van der Waals surface area contributed by atoms with Crippen molar-refractivity contribution in [1.82, 2.24) is 20.2 Å². The van der Waals surface area contributed by atoms with E-state index in [2.05, 4.69) is 15.5 Å². The molecule has 0 aliphatic carbocycles. The SMILES string of the molecule is [O]CCCCCn1cnnn1. The zero-order valence-corrected chi connectivity index (χ0v) is 6.31. The molecule has 0 atom stereocenters. The van der Waals surface area contributed by atoms with Crippen LogP contribution in [0.4, 0.5) is 0 Å². The van der Waals surface area contributed by atoms with Gasteiger partial charge < -0.3 is 0 Å². The first kappa shape index (κ1) is 8.13. The molecule has 1 aromatic heterocycles. The molecule has 0 N–H and O–H groups in total. The predicted molar refractivity (Wildman–Crippen MR) is 37.2 cm³/mol. The second-order valence-electron chi connectivity index (χ2n) is 2.34. The summed E-state index contributed by atoms with van der Waals surface area (Å²) >= 11 is 0. The summed E-state index contributed by atoms with van der Waals surface area (Å²) in [7, 11) is 0. The van der Waals surface area contributed by atoms with E-state index in [1.807, 2.05) is 0 Å². The summed E-state index contributed by atoms with van der Waals surface area (Å²) in [4.78, 5) is 0. The Balaban J connectivity index is 2.04. The maximum Gasteiger partial charge on any atom is 0.138 e. The van der Waals surface area contributed by atoms with Gasteiger partial charge in [-0.15, -0.1) is 5.10 Å². The fourth-order valence-corrected chi connectivity index (χ4v) is 0.835. The second-order valence-corrected chi connectivity index (χ2v) is 2.34. The highest BCUT2D eigenvalue weighted by Crippen LogP contribution is 1.95. The Morgan fingerprint density at radius 3 is 2.82 bits per heavy atom. The maximum atomic E-state index is 10.0. The van der Waals surface area contributed by atoms with Gasteiger partial charge in [0.2, 0.25) is 0 Å². The van der Waals surface area contributed by atoms with Crippen molar-refractivity contribution >= 4 is 0 Å². The van der Waals surface area contributed by atoms with E-state index < -0.39 is 0 Å². The Hall–Kier alpha value is -0.970. The fourth-order valence-electron chi connectivity index (χ4n) is 0.835. The van der Waals surface area contributed by atoms with Crippen molar-refractivity contribution in [2.75, 3.05) is 6.61 Å². The molecule has 0 unspecified atom stereocenters. The number of aromatic nitrogens is 4. The van der Waals surface area contributed by atoms with Crippen LogP contribution in [0.5, 0.6) is 0 Å². The molecule has 61 valence electrons. The summed E-state index contributed by atoms with van der Waals surface area (Å²) in [5, 5.41) is 20.7. The van der Waals surface area contributed by atoms with Gasteiger partial charge in [-0.05, 0) is 29.7 Å². The number of unbranched alkanes of at least 4 members (excludes halogenated alkanes) is 2. The number of nitrogens with zero attached hydrogens (tertiary/aromatic N) is 4. The molecular formula is C6H11N4O. The Morgan fingerprint density at radius 2 is 2.18 bits per heavy atom. The van der Waals surface area contributed by atoms with Gasteiger partial charge in [0.05, 0.1) is 6.61 Å². The maximum absolute atomic E-state index is 10.0. The van der Waals surface area contributed by atoms with E-state index in [-0.39, 0.29) is 6.61 Å². The van der Waals surface area contributed by atoms with Gasteiger partial charge in [0.25, 0.3) is 0 Å². The molecule has 0 fully saturated rings. The minimum absolute atomic E-state index is 0.0234. The van der Waals surface area contributed by atoms with Crippen molar-refractivity contribution < 1.29 is 5.11 Å². The number of tetrazole rings is 1. The molecule has 0 aromatic carbocycles. The van der Waals surface area contributed by atoms with Crippen LogP contribution in [-0.2, 0) is 11.7 Å². The van der Waals surface area contributed by atoms with Crippen molar-refractivity contribution in [3.8, 4) is 0 Å². The zero-order valence-electron chi connectivity index (χ0n) is 6.31. The average molecular weight is 155 g/mol. The van der Waals surface area contributed by atoms with Gasteiger partial charge in [-0.3, -0.25) is 0 Å². The summed E-state index contributed by atoms with van der Waals surface area (Å²) in [6, 6.07) is 0. The third kappa shape index (κ3) is 3.08. The third-order valence-corrected chi connectivity index (χ3v) is 1.42. The van der Waals surface area contributed by atoms with Crippen molar-refractivity contribution in [2.24, 2.45) is 0 Å². The van der Waals surface area contributed by atoms with Gasteiger partial charge in [-0.2, -0.15) is 0 Å². The lowest BCUT2D eigenvalue weighted by Crippen LogP contribution is -1.98. The molecule has 0 saturated carbocycles. The summed E-state index contributed by atoms with van der Waals surface area (Å²) in [5.74, 6) is 0. The van der Waals surface area contributed by atoms with E-state index in [1.165, 1.54) is 0 Å². The highest BCUT2D eigenvalue weighted by atomic mass is 16.2. The molecule has 0 spiro atoms. The minimum atomic E-state index is 0.0234. The van der Waals surface area contributed by atoms with E-state index in [0.717, 1.165) is 25.8 Å². The molecular weight excluding hydrogens is 144 g/mol. The first-order valence-electron chi connectivity index (χ1n) is 3.72. The molecule has 5 heteroatoms. The Labute approximate surface area is 65.0 Å².